The summed E-state index contributed by atoms with van der Waals surface area (Å²) in [7, 11) is 0. The van der Waals surface area contributed by atoms with Gasteiger partial charge in [-0.2, -0.15) is 0 Å². The van der Waals surface area contributed by atoms with E-state index in [0.29, 0.717) is 0 Å². The van der Waals surface area contributed by atoms with Crippen LogP contribution in [0, 0.1) is 5.92 Å². The van der Waals surface area contributed by atoms with E-state index >= 15 is 0 Å². The maximum Gasteiger partial charge on any atom is 0.0997 e. The number of aryl methyl sites for hydroxylation is 1. The first-order chi connectivity index (χ1) is 8.43. The lowest BCUT2D eigenvalue weighted by atomic mass is 10.0. The zero-order chi connectivity index (χ0) is 11.5. The van der Waals surface area contributed by atoms with E-state index in [-0.39, 0.29) is 0 Å². The quantitative estimate of drug-likeness (QED) is 0.865. The highest BCUT2D eigenvalue weighted by Crippen LogP contribution is 2.28. The van der Waals surface area contributed by atoms with Crippen LogP contribution in [0.4, 0.5) is 0 Å². The molecule has 0 bridgehead atoms. The van der Waals surface area contributed by atoms with Crippen molar-refractivity contribution in [3.8, 4) is 0 Å². The normalized spacial score (nSPS) is 20.7. The summed E-state index contributed by atoms with van der Waals surface area (Å²) < 4.78 is 2.14. The maximum atomic E-state index is 4.29. The molecule has 2 heterocycles. The second-order valence-corrected chi connectivity index (χ2v) is 5.43. The van der Waals surface area contributed by atoms with E-state index in [9.17, 15) is 0 Å². The van der Waals surface area contributed by atoms with Crippen LogP contribution in [0.5, 0.6) is 0 Å². The summed E-state index contributed by atoms with van der Waals surface area (Å²) in [6.07, 6.45) is 9.56. The lowest BCUT2D eigenvalue weighted by Gasteiger charge is -2.14. The van der Waals surface area contributed by atoms with Crippen molar-refractivity contribution >= 4 is 0 Å². The third kappa shape index (κ3) is 2.51. The fourth-order valence-corrected chi connectivity index (χ4v) is 3.20. The molecular weight excluding hydrogens is 212 g/mol. The summed E-state index contributed by atoms with van der Waals surface area (Å²) >= 11 is 0. The molecule has 0 unspecified atom stereocenters. The van der Waals surface area contributed by atoms with Crippen molar-refractivity contribution in [3.05, 3.63) is 11.4 Å². The number of nitrogens with zero attached hydrogens (tertiary/aromatic N) is 3. The van der Waals surface area contributed by atoms with Gasteiger partial charge in [0, 0.05) is 26.1 Å². The molecule has 1 aliphatic heterocycles. The van der Waals surface area contributed by atoms with Gasteiger partial charge in [0.15, 0.2) is 0 Å². The first-order valence-corrected chi connectivity index (χ1v) is 7.05. The molecule has 0 spiro atoms. The molecule has 1 N–H and O–H groups in total. The van der Waals surface area contributed by atoms with Gasteiger partial charge in [0.2, 0.25) is 0 Å². The summed E-state index contributed by atoms with van der Waals surface area (Å²) in [6, 6.07) is 0. The molecule has 3 rings (SSSR count). The lowest BCUT2D eigenvalue weighted by molar-refractivity contribution is 0.435. The van der Waals surface area contributed by atoms with Gasteiger partial charge in [0.25, 0.3) is 0 Å². The first-order valence-electron chi connectivity index (χ1n) is 7.05. The van der Waals surface area contributed by atoms with E-state index in [1.165, 1.54) is 44.2 Å². The molecular formula is C13H22N4. The van der Waals surface area contributed by atoms with Gasteiger partial charge in [0.1, 0.15) is 0 Å². The maximum absolute atomic E-state index is 4.29. The predicted octanol–water partition coefficient (Wildman–Crippen LogP) is 1.89. The van der Waals surface area contributed by atoms with E-state index in [2.05, 4.69) is 20.3 Å². The first kappa shape index (κ1) is 11.2. The summed E-state index contributed by atoms with van der Waals surface area (Å²) in [5.74, 6) is 0.996. The van der Waals surface area contributed by atoms with Crippen LogP contribution < -0.4 is 5.32 Å². The summed E-state index contributed by atoms with van der Waals surface area (Å²) in [5.41, 5.74) is 2.53. The van der Waals surface area contributed by atoms with Crippen LogP contribution in [-0.4, -0.2) is 21.5 Å². The molecule has 0 atom stereocenters. The molecule has 0 amide bonds. The molecule has 0 aromatic carbocycles. The van der Waals surface area contributed by atoms with Crippen molar-refractivity contribution in [1.29, 1.82) is 0 Å². The summed E-state index contributed by atoms with van der Waals surface area (Å²) in [6.45, 7) is 3.04. The molecule has 2 aliphatic rings. The minimum atomic E-state index is 0.901. The molecule has 94 valence electrons. The molecule has 1 aliphatic carbocycles. The zero-order valence-electron chi connectivity index (χ0n) is 10.5. The van der Waals surface area contributed by atoms with E-state index in [1.807, 2.05) is 0 Å². The standard InChI is InChI=1S/C13H22N4/c1-2-5-11(4-1)6-3-9-17-13-7-8-14-10-12(13)15-16-17/h11,14H,1-10H2. The van der Waals surface area contributed by atoms with Crippen molar-refractivity contribution in [2.45, 2.75) is 58.0 Å². The van der Waals surface area contributed by atoms with Crippen LogP contribution in [0.15, 0.2) is 0 Å². The number of aromatic nitrogens is 3. The van der Waals surface area contributed by atoms with Gasteiger partial charge < -0.3 is 5.32 Å². The molecule has 4 heteroatoms. The van der Waals surface area contributed by atoms with Gasteiger partial charge in [-0.3, -0.25) is 0 Å². The van der Waals surface area contributed by atoms with Gasteiger partial charge >= 0.3 is 0 Å². The van der Waals surface area contributed by atoms with E-state index in [1.54, 1.807) is 0 Å². The van der Waals surface area contributed by atoms with E-state index in [0.717, 1.165) is 37.7 Å². The Kier molecular flexibility index (Phi) is 3.41. The highest BCUT2D eigenvalue weighted by Gasteiger charge is 2.17. The SMILES string of the molecule is C1CCC(CCCn2nnc3c2CCNC3)C1. The van der Waals surface area contributed by atoms with Crippen molar-refractivity contribution < 1.29 is 0 Å². The molecule has 1 saturated carbocycles. The Bertz CT molecular complexity index is 365. The average Bonchev–Trinajstić information content (AvgIpc) is 2.99. The summed E-state index contributed by atoms with van der Waals surface area (Å²) in [4.78, 5) is 0. The number of fused-ring (bicyclic) bond motifs is 1. The van der Waals surface area contributed by atoms with Gasteiger partial charge in [-0.15, -0.1) is 5.10 Å². The van der Waals surface area contributed by atoms with Crippen LogP contribution in [0.2, 0.25) is 0 Å². The van der Waals surface area contributed by atoms with E-state index in [4.69, 9.17) is 0 Å². The van der Waals surface area contributed by atoms with Gasteiger partial charge in [-0.1, -0.05) is 30.9 Å². The lowest BCUT2D eigenvalue weighted by Crippen LogP contribution is -2.25. The van der Waals surface area contributed by atoms with Crippen LogP contribution in [0.25, 0.3) is 0 Å². The zero-order valence-corrected chi connectivity index (χ0v) is 10.5. The number of nitrogens with one attached hydrogen (secondary N) is 1. The monoisotopic (exact) mass is 234 g/mol. The summed E-state index contributed by atoms with van der Waals surface area (Å²) in [5, 5.41) is 11.9. The van der Waals surface area contributed by atoms with Crippen LogP contribution in [0.1, 0.15) is 49.9 Å². The Labute approximate surface area is 103 Å². The second-order valence-electron chi connectivity index (χ2n) is 5.43. The molecule has 0 saturated heterocycles. The minimum Gasteiger partial charge on any atom is -0.311 e. The number of hydrogen-bond donors (Lipinski definition) is 1. The Morgan fingerprint density at radius 3 is 3.06 bits per heavy atom. The van der Waals surface area contributed by atoms with Crippen molar-refractivity contribution in [3.63, 3.8) is 0 Å². The van der Waals surface area contributed by atoms with E-state index < -0.39 is 0 Å². The Hall–Kier alpha value is -0.900. The van der Waals surface area contributed by atoms with Gasteiger partial charge in [-0.25, -0.2) is 4.68 Å². The Morgan fingerprint density at radius 1 is 1.29 bits per heavy atom. The topological polar surface area (TPSA) is 42.7 Å². The second kappa shape index (κ2) is 5.17. The smallest absolute Gasteiger partial charge is 0.0997 e. The third-order valence-corrected chi connectivity index (χ3v) is 4.21. The van der Waals surface area contributed by atoms with Crippen molar-refractivity contribution in [2.75, 3.05) is 6.54 Å². The number of rotatable bonds is 4. The highest BCUT2D eigenvalue weighted by atomic mass is 15.4. The molecule has 0 radical (unpaired) electrons. The fourth-order valence-electron chi connectivity index (χ4n) is 3.20. The molecule has 1 aromatic heterocycles. The predicted molar refractivity (Wildman–Crippen MR) is 66.6 cm³/mol. The highest BCUT2D eigenvalue weighted by molar-refractivity contribution is 5.13. The molecule has 4 nitrogen and oxygen atoms in total. The Morgan fingerprint density at radius 2 is 2.18 bits per heavy atom. The molecule has 1 aromatic rings. The van der Waals surface area contributed by atoms with Crippen LogP contribution in [0.3, 0.4) is 0 Å². The fraction of sp³-hybridized carbons (Fsp3) is 0.846. The van der Waals surface area contributed by atoms with Gasteiger partial charge in [-0.05, 0) is 18.8 Å². The number of hydrogen-bond acceptors (Lipinski definition) is 3. The van der Waals surface area contributed by atoms with Gasteiger partial charge in [0.05, 0.1) is 11.4 Å². The van der Waals surface area contributed by atoms with Crippen molar-refractivity contribution in [2.24, 2.45) is 5.92 Å². The molecule has 17 heavy (non-hydrogen) atoms. The molecule has 1 fully saturated rings. The third-order valence-electron chi connectivity index (χ3n) is 4.21. The van der Waals surface area contributed by atoms with Crippen LogP contribution >= 0.6 is 0 Å². The van der Waals surface area contributed by atoms with Crippen LogP contribution in [-0.2, 0) is 19.5 Å². The van der Waals surface area contributed by atoms with Crippen molar-refractivity contribution in [1.82, 2.24) is 20.3 Å². The average molecular weight is 234 g/mol. The minimum absolute atomic E-state index is 0.901. The Balaban J connectivity index is 1.52. The largest absolute Gasteiger partial charge is 0.311 e.